The number of fused-ring (bicyclic) bond motifs is 2. The molecule has 3 aromatic rings. The molecule has 4 rings (SSSR count). The minimum atomic E-state index is 0. The first-order chi connectivity index (χ1) is 14.4. The fourth-order valence-corrected chi connectivity index (χ4v) is 5.49. The molecule has 0 spiro atoms. The maximum absolute atomic E-state index is 2.51. The van der Waals surface area contributed by atoms with Crippen LogP contribution in [0.1, 0.15) is 92.0 Å². The van der Waals surface area contributed by atoms with Gasteiger partial charge in [-0.2, -0.15) is 33.9 Å². The van der Waals surface area contributed by atoms with Crippen molar-refractivity contribution < 1.29 is 25.8 Å². The molecule has 0 aromatic heterocycles. The zero-order valence-corrected chi connectivity index (χ0v) is 27.9. The molecular weight excluding hydrogens is 575 g/mol. The van der Waals surface area contributed by atoms with Crippen molar-refractivity contribution in [2.75, 3.05) is 0 Å². The molecule has 3 aromatic carbocycles. The Bertz CT molecular complexity index is 980. The second-order valence-corrected chi connectivity index (χ2v) is 11.5. The summed E-state index contributed by atoms with van der Waals surface area (Å²) in [6, 6.07) is 9.66. The number of rotatable bonds is 3. The van der Waals surface area contributed by atoms with Gasteiger partial charge in [0.1, 0.15) is 0 Å². The van der Waals surface area contributed by atoms with Gasteiger partial charge in [0, 0.05) is 0 Å². The number of hydrogen-bond donors (Lipinski definition) is 0. The van der Waals surface area contributed by atoms with Crippen molar-refractivity contribution in [3.8, 4) is 0 Å². The Morgan fingerprint density at radius 2 is 1.32 bits per heavy atom. The number of benzene rings is 1. The van der Waals surface area contributed by atoms with Gasteiger partial charge in [0.15, 0.2) is 0 Å². The topological polar surface area (TPSA) is 0 Å². The Morgan fingerprint density at radius 3 is 1.71 bits per heavy atom. The van der Waals surface area contributed by atoms with E-state index >= 15 is 0 Å². The van der Waals surface area contributed by atoms with Crippen LogP contribution in [-0.4, -0.2) is 0 Å². The van der Waals surface area contributed by atoms with Crippen LogP contribution in [0.3, 0.4) is 0 Å². The third kappa shape index (κ3) is 6.63. The largest absolute Gasteiger partial charge is 4.00 e. The third-order valence-corrected chi connectivity index (χ3v) is 8.35. The van der Waals surface area contributed by atoms with E-state index in [9.17, 15) is 0 Å². The quantitative estimate of drug-likeness (QED) is 0.201. The molecule has 0 bridgehead atoms. The summed E-state index contributed by atoms with van der Waals surface area (Å²) in [5.41, 5.74) is 13.0. The van der Waals surface area contributed by atoms with Crippen LogP contribution in [0.5, 0.6) is 0 Å². The van der Waals surface area contributed by atoms with Crippen molar-refractivity contribution in [1.29, 1.82) is 0 Å². The summed E-state index contributed by atoms with van der Waals surface area (Å²) >= 11 is 0. The van der Waals surface area contributed by atoms with Crippen LogP contribution in [0.4, 0.5) is 0 Å². The average Bonchev–Trinajstić information content (AvgIpc) is 3.33. The Kier molecular flexibility index (Phi) is 12.0. The Labute approximate surface area is 231 Å². The van der Waals surface area contributed by atoms with E-state index in [1.165, 1.54) is 76.3 Å². The first-order valence-corrected chi connectivity index (χ1v) is 12.3. The average molecular weight is 625 g/mol. The van der Waals surface area contributed by atoms with E-state index in [0.717, 1.165) is 0 Å². The molecule has 0 unspecified atom stereocenters. The summed E-state index contributed by atoms with van der Waals surface area (Å²) in [6.07, 6.45) is 6.34. The Hall–Kier alpha value is -0.950. The molecule has 1 aliphatic rings. The predicted octanol–water partition coefficient (Wildman–Crippen LogP) is 9.90. The third-order valence-electron chi connectivity index (χ3n) is 8.35. The molecule has 0 nitrogen and oxygen atoms in total. The molecule has 0 atom stereocenters. The molecule has 0 fully saturated rings. The van der Waals surface area contributed by atoms with Gasteiger partial charge < -0.3 is 14.9 Å². The molecule has 0 saturated heterocycles. The van der Waals surface area contributed by atoms with Gasteiger partial charge in [-0.05, 0) is 36.5 Å². The Balaban J connectivity index is 0.000000721. The molecule has 34 heavy (non-hydrogen) atoms. The van der Waals surface area contributed by atoms with Gasteiger partial charge in [-0.3, -0.25) is 0 Å². The normalized spacial score (nSPS) is 13.8. The van der Waals surface area contributed by atoms with Crippen LogP contribution < -0.4 is 0 Å². The van der Waals surface area contributed by atoms with Gasteiger partial charge >= 0.3 is 25.8 Å². The molecule has 1 heteroatoms. The van der Waals surface area contributed by atoms with Crippen molar-refractivity contribution in [3.05, 3.63) is 83.6 Å². The first-order valence-electron chi connectivity index (χ1n) is 12.3. The minimum absolute atomic E-state index is 0. The van der Waals surface area contributed by atoms with Crippen LogP contribution in [-0.2, 0) is 45.1 Å². The van der Waals surface area contributed by atoms with E-state index in [-0.39, 0.29) is 40.7 Å². The maximum atomic E-state index is 2.51. The van der Waals surface area contributed by atoms with Crippen molar-refractivity contribution in [3.63, 3.8) is 0 Å². The van der Waals surface area contributed by atoms with E-state index < -0.39 is 0 Å². The second kappa shape index (κ2) is 12.3. The smallest absolute Gasteiger partial charge is 0.358 e. The van der Waals surface area contributed by atoms with Crippen LogP contribution in [0.2, 0.25) is 0 Å². The monoisotopic (exact) mass is 626 g/mol. The van der Waals surface area contributed by atoms with Crippen LogP contribution in [0.15, 0.2) is 24.3 Å². The summed E-state index contributed by atoms with van der Waals surface area (Å²) in [4.78, 5) is 0. The van der Waals surface area contributed by atoms with E-state index in [1.807, 2.05) is 0 Å². The van der Waals surface area contributed by atoms with Gasteiger partial charge in [-0.25, -0.2) is 0 Å². The maximum Gasteiger partial charge on any atom is 4.00 e. The molecule has 0 saturated carbocycles. The van der Waals surface area contributed by atoms with Crippen molar-refractivity contribution in [2.45, 2.75) is 101 Å². The standard InChI is InChI=1S/C21H29.C10H15.2CH3.Hf/c1-6-21(7-2)13-17-10-15-8-9-16(12-20(3,4)5)19(15)11-18(17)14-21;1-6-7(2)9(4)10(5)8(6)3;;;/h8-11H,6-7,12-14H2,1-5H3;1-5H3;2*1H3;/q4*-1;+4. The molecular formula is C33H50Hf. The zero-order valence-electron chi connectivity index (χ0n) is 24.3. The summed E-state index contributed by atoms with van der Waals surface area (Å²) < 4.78 is 0. The first kappa shape index (κ1) is 33.1. The zero-order chi connectivity index (χ0) is 23.1. The van der Waals surface area contributed by atoms with Gasteiger partial charge in [-0.15, -0.1) is 34.5 Å². The van der Waals surface area contributed by atoms with Gasteiger partial charge in [0.05, 0.1) is 0 Å². The van der Waals surface area contributed by atoms with E-state index in [2.05, 4.69) is 93.5 Å². The summed E-state index contributed by atoms with van der Waals surface area (Å²) in [6.45, 7) is 22.7. The summed E-state index contributed by atoms with van der Waals surface area (Å²) in [5, 5.41) is 2.96. The molecule has 1 aliphatic carbocycles. The predicted molar refractivity (Wildman–Crippen MR) is 152 cm³/mol. The van der Waals surface area contributed by atoms with E-state index in [1.54, 1.807) is 11.1 Å². The van der Waals surface area contributed by atoms with E-state index in [0.29, 0.717) is 10.8 Å². The summed E-state index contributed by atoms with van der Waals surface area (Å²) in [5.74, 6) is 0. The summed E-state index contributed by atoms with van der Waals surface area (Å²) in [7, 11) is 0. The second-order valence-electron chi connectivity index (χ2n) is 11.5. The molecule has 0 aliphatic heterocycles. The number of hydrogen-bond acceptors (Lipinski definition) is 0. The molecule has 0 heterocycles. The van der Waals surface area contributed by atoms with Gasteiger partial charge in [0.2, 0.25) is 0 Å². The van der Waals surface area contributed by atoms with Crippen molar-refractivity contribution in [2.24, 2.45) is 10.8 Å². The fraction of sp³-hybridized carbons (Fsp3) is 0.515. The molecule has 186 valence electrons. The fourth-order valence-electron chi connectivity index (χ4n) is 5.49. The molecule has 0 N–H and O–H groups in total. The van der Waals surface area contributed by atoms with Crippen molar-refractivity contribution >= 4 is 10.8 Å². The van der Waals surface area contributed by atoms with Crippen LogP contribution in [0, 0.1) is 60.3 Å². The molecule has 0 amide bonds. The van der Waals surface area contributed by atoms with Crippen LogP contribution in [0.25, 0.3) is 10.8 Å². The SMILES string of the molecule is CCC1(CC)Cc2cc3cc[c-](CC(C)(C)C)c3cc2C1.Cc1c(C)c(C)[c-](C)c1C.[CH3-].[CH3-].[Hf+4]. The minimum Gasteiger partial charge on any atom is -0.358 e. The Morgan fingerprint density at radius 1 is 0.853 bits per heavy atom. The van der Waals surface area contributed by atoms with Gasteiger partial charge in [-0.1, -0.05) is 86.8 Å². The van der Waals surface area contributed by atoms with Crippen LogP contribution >= 0.6 is 0 Å². The van der Waals surface area contributed by atoms with Crippen molar-refractivity contribution in [1.82, 2.24) is 0 Å². The van der Waals surface area contributed by atoms with E-state index in [4.69, 9.17) is 0 Å². The molecule has 0 radical (unpaired) electrons. The van der Waals surface area contributed by atoms with Gasteiger partial charge in [0.25, 0.3) is 0 Å².